The van der Waals surface area contributed by atoms with Gasteiger partial charge >= 0.3 is 0 Å². The Balaban J connectivity index is 1.45. The van der Waals surface area contributed by atoms with Crippen LogP contribution in [0.5, 0.6) is 0 Å². The molecular weight excluding hydrogens is 412 g/mol. The normalized spacial score (nSPS) is 17.2. The Bertz CT molecular complexity index is 954. The molecule has 0 aliphatic heterocycles. The number of anilines is 2. The summed E-state index contributed by atoms with van der Waals surface area (Å²) in [4.78, 5) is 29.8. The van der Waals surface area contributed by atoms with Gasteiger partial charge in [-0.25, -0.2) is 4.98 Å². The van der Waals surface area contributed by atoms with E-state index in [9.17, 15) is 9.59 Å². The highest BCUT2D eigenvalue weighted by Crippen LogP contribution is 2.29. The van der Waals surface area contributed by atoms with Crippen molar-refractivity contribution in [2.45, 2.75) is 64.0 Å². The van der Waals surface area contributed by atoms with Crippen molar-refractivity contribution >= 4 is 34.8 Å². The van der Waals surface area contributed by atoms with Crippen molar-refractivity contribution in [3.63, 3.8) is 0 Å². The summed E-state index contributed by atoms with van der Waals surface area (Å²) in [6.07, 6.45) is 9.09. The zero-order valence-corrected chi connectivity index (χ0v) is 18.5. The maximum Gasteiger partial charge on any atom is 0.252 e. The SMILES string of the molecule is Cc1c(Nc2cccc(C(=O)NC(CC3CCCC3)C(=O)NC3CC3)c2)ccnc1Cl. The van der Waals surface area contributed by atoms with Crippen molar-refractivity contribution in [1.29, 1.82) is 0 Å². The second kappa shape index (κ2) is 9.69. The fourth-order valence-corrected chi connectivity index (χ4v) is 4.28. The van der Waals surface area contributed by atoms with Gasteiger partial charge in [0.15, 0.2) is 0 Å². The summed E-state index contributed by atoms with van der Waals surface area (Å²) in [6.45, 7) is 1.89. The lowest BCUT2D eigenvalue weighted by Gasteiger charge is -2.21. The second-order valence-electron chi connectivity index (χ2n) is 8.68. The van der Waals surface area contributed by atoms with Crippen LogP contribution >= 0.6 is 11.6 Å². The Morgan fingerprint density at radius 2 is 1.94 bits per heavy atom. The highest BCUT2D eigenvalue weighted by atomic mass is 35.5. The number of pyridine rings is 1. The summed E-state index contributed by atoms with van der Waals surface area (Å²) in [6, 6.07) is 8.89. The lowest BCUT2D eigenvalue weighted by Crippen LogP contribution is -2.48. The molecule has 2 fully saturated rings. The summed E-state index contributed by atoms with van der Waals surface area (Å²) < 4.78 is 0. The van der Waals surface area contributed by atoms with Crippen LogP contribution in [0, 0.1) is 12.8 Å². The molecule has 4 rings (SSSR count). The topological polar surface area (TPSA) is 83.1 Å². The summed E-state index contributed by atoms with van der Waals surface area (Å²) in [7, 11) is 0. The third-order valence-electron chi connectivity index (χ3n) is 6.14. The van der Waals surface area contributed by atoms with Gasteiger partial charge in [-0.2, -0.15) is 0 Å². The van der Waals surface area contributed by atoms with Crippen LogP contribution in [0.2, 0.25) is 5.15 Å². The highest BCUT2D eigenvalue weighted by molar-refractivity contribution is 6.30. The number of aromatic nitrogens is 1. The van der Waals surface area contributed by atoms with E-state index in [1.807, 2.05) is 25.1 Å². The van der Waals surface area contributed by atoms with E-state index >= 15 is 0 Å². The van der Waals surface area contributed by atoms with Crippen molar-refractivity contribution in [3.05, 3.63) is 52.8 Å². The molecule has 1 aromatic heterocycles. The minimum absolute atomic E-state index is 0.0564. The smallest absolute Gasteiger partial charge is 0.252 e. The van der Waals surface area contributed by atoms with Gasteiger partial charge in [0.2, 0.25) is 5.91 Å². The molecule has 7 heteroatoms. The Morgan fingerprint density at radius 1 is 1.16 bits per heavy atom. The van der Waals surface area contributed by atoms with E-state index in [4.69, 9.17) is 11.6 Å². The summed E-state index contributed by atoms with van der Waals surface area (Å²) in [5.41, 5.74) is 2.96. The number of hydrogen-bond donors (Lipinski definition) is 3. The van der Waals surface area contributed by atoms with Gasteiger partial charge in [-0.3, -0.25) is 9.59 Å². The molecule has 2 amide bonds. The van der Waals surface area contributed by atoms with E-state index in [1.54, 1.807) is 18.3 Å². The molecule has 2 aliphatic rings. The molecule has 0 saturated heterocycles. The van der Waals surface area contributed by atoms with Gasteiger partial charge in [-0.1, -0.05) is 43.4 Å². The molecule has 3 N–H and O–H groups in total. The van der Waals surface area contributed by atoms with Crippen molar-refractivity contribution in [3.8, 4) is 0 Å². The predicted molar refractivity (Wildman–Crippen MR) is 123 cm³/mol. The maximum absolute atomic E-state index is 13.0. The summed E-state index contributed by atoms with van der Waals surface area (Å²) >= 11 is 6.11. The van der Waals surface area contributed by atoms with Crippen molar-refractivity contribution in [1.82, 2.24) is 15.6 Å². The third kappa shape index (κ3) is 5.76. The molecule has 1 aromatic carbocycles. The minimum atomic E-state index is -0.492. The number of benzene rings is 1. The first kappa shape index (κ1) is 21.6. The first-order valence-corrected chi connectivity index (χ1v) is 11.5. The first-order chi connectivity index (χ1) is 15.0. The molecule has 164 valence electrons. The fraction of sp³-hybridized carbons (Fsp3) is 0.458. The monoisotopic (exact) mass is 440 g/mol. The van der Waals surface area contributed by atoms with E-state index in [1.165, 1.54) is 12.8 Å². The van der Waals surface area contributed by atoms with Gasteiger partial charge in [0.05, 0.1) is 0 Å². The molecule has 2 saturated carbocycles. The number of nitrogens with one attached hydrogen (secondary N) is 3. The van der Waals surface area contributed by atoms with Crippen molar-refractivity contribution in [2.75, 3.05) is 5.32 Å². The van der Waals surface area contributed by atoms with Gasteiger partial charge in [0.25, 0.3) is 5.91 Å². The van der Waals surface area contributed by atoms with E-state index in [2.05, 4.69) is 20.9 Å². The predicted octanol–water partition coefficient (Wildman–Crippen LogP) is 4.74. The largest absolute Gasteiger partial charge is 0.355 e. The highest BCUT2D eigenvalue weighted by Gasteiger charge is 2.31. The Hall–Kier alpha value is -2.60. The van der Waals surface area contributed by atoms with Gasteiger partial charge in [0.1, 0.15) is 11.2 Å². The molecule has 1 heterocycles. The molecule has 0 bridgehead atoms. The zero-order valence-electron chi connectivity index (χ0n) is 17.8. The molecule has 0 radical (unpaired) electrons. The van der Waals surface area contributed by atoms with Crippen LogP contribution in [0.25, 0.3) is 0 Å². The molecule has 1 unspecified atom stereocenters. The Kier molecular flexibility index (Phi) is 6.76. The second-order valence-corrected chi connectivity index (χ2v) is 9.03. The van der Waals surface area contributed by atoms with Gasteiger partial charge in [-0.05, 0) is 56.4 Å². The minimum Gasteiger partial charge on any atom is -0.355 e. The number of halogens is 1. The standard InChI is InChI=1S/C24H29ClN4O2/c1-15-20(11-12-26-22(15)25)27-19-8-4-7-17(14-19)23(30)29-21(13-16-5-2-3-6-16)24(31)28-18-9-10-18/h4,7-8,11-12,14,16,18,21H,2-3,5-6,9-10,13H2,1H3,(H,26,27)(H,28,31)(H,29,30). The van der Waals surface area contributed by atoms with Crippen molar-refractivity contribution in [2.24, 2.45) is 5.92 Å². The lowest BCUT2D eigenvalue weighted by atomic mass is 9.97. The first-order valence-electron chi connectivity index (χ1n) is 11.1. The van der Waals surface area contributed by atoms with E-state index in [0.717, 1.165) is 42.6 Å². The number of carbonyl (C=O) groups excluding carboxylic acids is 2. The van der Waals surface area contributed by atoms with Crippen LogP contribution in [0.4, 0.5) is 11.4 Å². The van der Waals surface area contributed by atoms with Crippen LogP contribution in [-0.4, -0.2) is 28.9 Å². The average molecular weight is 441 g/mol. The molecule has 0 spiro atoms. The Morgan fingerprint density at radius 3 is 2.68 bits per heavy atom. The molecular formula is C24H29ClN4O2. The Labute approximate surface area is 188 Å². The summed E-state index contributed by atoms with van der Waals surface area (Å²) in [5, 5.41) is 9.78. The van der Waals surface area contributed by atoms with Crippen LogP contribution in [0.15, 0.2) is 36.5 Å². The molecule has 2 aliphatic carbocycles. The fourth-order valence-electron chi connectivity index (χ4n) is 4.12. The number of hydrogen-bond acceptors (Lipinski definition) is 4. The number of nitrogens with zero attached hydrogens (tertiary/aromatic N) is 1. The lowest BCUT2D eigenvalue weighted by molar-refractivity contribution is -0.123. The molecule has 1 atom stereocenters. The van der Waals surface area contributed by atoms with Gasteiger partial charge < -0.3 is 16.0 Å². The van der Waals surface area contributed by atoms with Crippen LogP contribution < -0.4 is 16.0 Å². The van der Waals surface area contributed by atoms with Crippen LogP contribution in [0.1, 0.15) is 60.9 Å². The molecule has 2 aromatic rings. The van der Waals surface area contributed by atoms with Gasteiger partial charge in [-0.15, -0.1) is 0 Å². The van der Waals surface area contributed by atoms with Crippen LogP contribution in [0.3, 0.4) is 0 Å². The quantitative estimate of drug-likeness (QED) is 0.517. The summed E-state index contributed by atoms with van der Waals surface area (Å²) in [5.74, 6) is 0.212. The van der Waals surface area contributed by atoms with Crippen LogP contribution in [-0.2, 0) is 4.79 Å². The zero-order chi connectivity index (χ0) is 21.8. The maximum atomic E-state index is 13.0. The van der Waals surface area contributed by atoms with Gasteiger partial charge in [0, 0.05) is 34.7 Å². The van der Waals surface area contributed by atoms with E-state index in [0.29, 0.717) is 23.1 Å². The number of amides is 2. The van der Waals surface area contributed by atoms with Crippen molar-refractivity contribution < 1.29 is 9.59 Å². The van der Waals surface area contributed by atoms with E-state index < -0.39 is 6.04 Å². The number of carbonyl (C=O) groups is 2. The number of rotatable bonds is 8. The average Bonchev–Trinajstić information content (AvgIpc) is 3.42. The van der Waals surface area contributed by atoms with E-state index in [-0.39, 0.29) is 17.9 Å². The molecule has 6 nitrogen and oxygen atoms in total. The third-order valence-corrected chi connectivity index (χ3v) is 6.52. The molecule has 31 heavy (non-hydrogen) atoms.